The van der Waals surface area contributed by atoms with Gasteiger partial charge in [-0.2, -0.15) is 0 Å². The minimum atomic E-state index is 0.740. The van der Waals surface area contributed by atoms with Crippen LogP contribution in [0, 0.1) is 5.92 Å². The standard InChI is InChI=1S/C13H26N2/c1-14-12-8-3-4-9-13(12)15(2)10-11-6-5-7-11/h11-14H,3-10H2,1-2H3. The summed E-state index contributed by atoms with van der Waals surface area (Å²) in [7, 11) is 4.46. The molecule has 0 saturated heterocycles. The van der Waals surface area contributed by atoms with Crippen LogP contribution in [0.15, 0.2) is 0 Å². The molecular weight excluding hydrogens is 184 g/mol. The minimum Gasteiger partial charge on any atom is -0.315 e. The highest BCUT2D eigenvalue weighted by molar-refractivity contribution is 4.87. The van der Waals surface area contributed by atoms with Crippen LogP contribution in [0.2, 0.25) is 0 Å². The van der Waals surface area contributed by atoms with Crippen molar-refractivity contribution >= 4 is 0 Å². The van der Waals surface area contributed by atoms with Gasteiger partial charge in [0.05, 0.1) is 0 Å². The molecule has 0 bridgehead atoms. The summed E-state index contributed by atoms with van der Waals surface area (Å²) in [5, 5.41) is 3.50. The van der Waals surface area contributed by atoms with E-state index in [1.54, 1.807) is 0 Å². The molecule has 0 amide bonds. The lowest BCUT2D eigenvalue weighted by Gasteiger charge is -2.41. The molecule has 2 aliphatic rings. The summed E-state index contributed by atoms with van der Waals surface area (Å²) in [6.45, 7) is 1.34. The summed E-state index contributed by atoms with van der Waals surface area (Å²) in [5.41, 5.74) is 0. The minimum absolute atomic E-state index is 0.740. The average Bonchev–Trinajstić information content (AvgIpc) is 2.23. The summed E-state index contributed by atoms with van der Waals surface area (Å²) in [6, 6.07) is 1.54. The van der Waals surface area contributed by atoms with Crippen molar-refractivity contribution in [2.24, 2.45) is 5.92 Å². The Morgan fingerprint density at radius 3 is 2.40 bits per heavy atom. The first-order valence-electron chi connectivity index (χ1n) is 6.68. The second kappa shape index (κ2) is 5.31. The first-order valence-corrected chi connectivity index (χ1v) is 6.68. The van der Waals surface area contributed by atoms with Crippen molar-refractivity contribution in [1.82, 2.24) is 10.2 Å². The van der Waals surface area contributed by atoms with Crippen LogP contribution < -0.4 is 5.32 Å². The number of hydrogen-bond acceptors (Lipinski definition) is 2. The van der Waals surface area contributed by atoms with Crippen molar-refractivity contribution in [3.63, 3.8) is 0 Å². The van der Waals surface area contributed by atoms with E-state index >= 15 is 0 Å². The van der Waals surface area contributed by atoms with Gasteiger partial charge in [0.2, 0.25) is 0 Å². The van der Waals surface area contributed by atoms with Crippen LogP contribution in [0.4, 0.5) is 0 Å². The highest BCUT2D eigenvalue weighted by Crippen LogP contribution is 2.29. The smallest absolute Gasteiger partial charge is 0.0246 e. The molecule has 2 heteroatoms. The van der Waals surface area contributed by atoms with Gasteiger partial charge in [-0.05, 0) is 45.7 Å². The Morgan fingerprint density at radius 1 is 1.07 bits per heavy atom. The van der Waals surface area contributed by atoms with Gasteiger partial charge < -0.3 is 10.2 Å². The maximum Gasteiger partial charge on any atom is 0.0246 e. The lowest BCUT2D eigenvalue weighted by Crippen LogP contribution is -2.50. The number of hydrogen-bond donors (Lipinski definition) is 1. The fourth-order valence-corrected chi connectivity index (χ4v) is 3.19. The topological polar surface area (TPSA) is 15.3 Å². The van der Waals surface area contributed by atoms with Crippen LogP contribution in [-0.2, 0) is 0 Å². The quantitative estimate of drug-likeness (QED) is 0.765. The highest BCUT2D eigenvalue weighted by Gasteiger charge is 2.29. The zero-order valence-corrected chi connectivity index (χ0v) is 10.3. The summed E-state index contributed by atoms with van der Waals surface area (Å²) in [6.07, 6.45) is 10.0. The Morgan fingerprint density at radius 2 is 1.80 bits per heavy atom. The first kappa shape index (κ1) is 11.4. The molecule has 0 spiro atoms. The van der Waals surface area contributed by atoms with Gasteiger partial charge in [-0.15, -0.1) is 0 Å². The van der Waals surface area contributed by atoms with Crippen molar-refractivity contribution in [3.05, 3.63) is 0 Å². The second-order valence-corrected chi connectivity index (χ2v) is 5.48. The Hall–Kier alpha value is -0.0800. The monoisotopic (exact) mass is 210 g/mol. The zero-order chi connectivity index (χ0) is 10.7. The van der Waals surface area contributed by atoms with Gasteiger partial charge in [0.25, 0.3) is 0 Å². The van der Waals surface area contributed by atoms with Gasteiger partial charge in [-0.25, -0.2) is 0 Å². The Balaban J connectivity index is 1.82. The third-order valence-corrected chi connectivity index (χ3v) is 4.44. The van der Waals surface area contributed by atoms with Crippen LogP contribution in [0.3, 0.4) is 0 Å². The number of nitrogens with one attached hydrogen (secondary N) is 1. The molecule has 0 heterocycles. The molecule has 0 aromatic rings. The van der Waals surface area contributed by atoms with E-state index in [0.717, 1.165) is 18.0 Å². The van der Waals surface area contributed by atoms with Gasteiger partial charge in [0.15, 0.2) is 0 Å². The number of likely N-dealkylation sites (N-methyl/N-ethyl adjacent to an activating group) is 2. The van der Waals surface area contributed by atoms with Gasteiger partial charge in [0, 0.05) is 18.6 Å². The SMILES string of the molecule is CNC1CCCCC1N(C)CC1CCC1. The fourth-order valence-electron chi connectivity index (χ4n) is 3.19. The maximum atomic E-state index is 3.50. The molecule has 2 fully saturated rings. The molecule has 2 saturated carbocycles. The molecule has 0 aromatic carbocycles. The van der Waals surface area contributed by atoms with Crippen LogP contribution >= 0.6 is 0 Å². The molecular formula is C13H26N2. The molecule has 88 valence electrons. The van der Waals surface area contributed by atoms with Crippen LogP contribution in [-0.4, -0.2) is 37.6 Å². The van der Waals surface area contributed by atoms with E-state index in [0.29, 0.717) is 0 Å². The Bertz CT molecular complexity index is 189. The molecule has 2 aliphatic carbocycles. The molecule has 2 atom stereocenters. The predicted octanol–water partition coefficient (Wildman–Crippen LogP) is 2.25. The van der Waals surface area contributed by atoms with E-state index in [1.807, 2.05) is 0 Å². The molecule has 2 rings (SSSR count). The summed E-state index contributed by atoms with van der Waals surface area (Å²) < 4.78 is 0. The Labute approximate surface area is 94.4 Å². The lowest BCUT2D eigenvalue weighted by atomic mass is 9.83. The summed E-state index contributed by atoms with van der Waals surface area (Å²) >= 11 is 0. The van der Waals surface area contributed by atoms with Crippen LogP contribution in [0.25, 0.3) is 0 Å². The fraction of sp³-hybridized carbons (Fsp3) is 1.00. The van der Waals surface area contributed by atoms with E-state index in [9.17, 15) is 0 Å². The van der Waals surface area contributed by atoms with Crippen molar-refractivity contribution < 1.29 is 0 Å². The summed E-state index contributed by atoms with van der Waals surface area (Å²) in [4.78, 5) is 2.63. The largest absolute Gasteiger partial charge is 0.315 e. The molecule has 15 heavy (non-hydrogen) atoms. The van der Waals surface area contributed by atoms with Gasteiger partial charge in [-0.1, -0.05) is 19.3 Å². The molecule has 1 N–H and O–H groups in total. The van der Waals surface area contributed by atoms with E-state index in [2.05, 4.69) is 24.3 Å². The predicted molar refractivity (Wildman–Crippen MR) is 65.1 cm³/mol. The first-order chi connectivity index (χ1) is 7.31. The number of nitrogens with zero attached hydrogens (tertiary/aromatic N) is 1. The Kier molecular flexibility index (Phi) is 4.04. The summed E-state index contributed by atoms with van der Waals surface area (Å²) in [5.74, 6) is 1.01. The van der Waals surface area contributed by atoms with Crippen LogP contribution in [0.1, 0.15) is 44.9 Å². The molecule has 2 unspecified atom stereocenters. The third kappa shape index (κ3) is 2.73. The maximum absolute atomic E-state index is 3.50. The van der Waals surface area contributed by atoms with Crippen LogP contribution in [0.5, 0.6) is 0 Å². The van der Waals surface area contributed by atoms with Gasteiger partial charge in [0.1, 0.15) is 0 Å². The van der Waals surface area contributed by atoms with Gasteiger partial charge in [-0.3, -0.25) is 0 Å². The normalized spacial score (nSPS) is 33.0. The van der Waals surface area contributed by atoms with Crippen molar-refractivity contribution in [2.45, 2.75) is 57.0 Å². The molecule has 2 nitrogen and oxygen atoms in total. The average molecular weight is 210 g/mol. The molecule has 0 aromatic heterocycles. The lowest BCUT2D eigenvalue weighted by molar-refractivity contribution is 0.112. The second-order valence-electron chi connectivity index (χ2n) is 5.48. The highest BCUT2D eigenvalue weighted by atomic mass is 15.2. The van der Waals surface area contributed by atoms with E-state index in [4.69, 9.17) is 0 Å². The van der Waals surface area contributed by atoms with Crippen molar-refractivity contribution in [2.75, 3.05) is 20.6 Å². The van der Waals surface area contributed by atoms with E-state index < -0.39 is 0 Å². The van der Waals surface area contributed by atoms with E-state index in [1.165, 1.54) is 51.5 Å². The van der Waals surface area contributed by atoms with Crippen molar-refractivity contribution in [1.29, 1.82) is 0 Å². The third-order valence-electron chi connectivity index (χ3n) is 4.44. The zero-order valence-electron chi connectivity index (χ0n) is 10.3. The molecule has 0 radical (unpaired) electrons. The van der Waals surface area contributed by atoms with Crippen molar-refractivity contribution in [3.8, 4) is 0 Å². The molecule has 0 aliphatic heterocycles. The number of rotatable bonds is 4. The van der Waals surface area contributed by atoms with Gasteiger partial charge >= 0.3 is 0 Å². The van der Waals surface area contributed by atoms with E-state index in [-0.39, 0.29) is 0 Å².